The van der Waals surface area contributed by atoms with Crippen LogP contribution in [0.15, 0.2) is 24.4 Å². The molecule has 1 atom stereocenters. The molecule has 2 N–H and O–H groups in total. The maximum absolute atomic E-state index is 9.33. The number of nitriles is 1. The maximum atomic E-state index is 9.33. The van der Waals surface area contributed by atoms with Crippen LogP contribution in [0.2, 0.25) is 5.02 Å². The van der Waals surface area contributed by atoms with Crippen molar-refractivity contribution < 1.29 is 0 Å². The van der Waals surface area contributed by atoms with Gasteiger partial charge in [0.25, 0.3) is 0 Å². The fourth-order valence-corrected chi connectivity index (χ4v) is 3.17. The zero-order chi connectivity index (χ0) is 15.3. The molecule has 0 aliphatic heterocycles. The number of benzene rings is 1. The monoisotopic (exact) mass is 310 g/mol. The maximum Gasteiger partial charge on any atom is 0.136 e. The summed E-state index contributed by atoms with van der Waals surface area (Å²) in [6.45, 7) is 2.19. The molecule has 0 spiro atoms. The van der Waals surface area contributed by atoms with E-state index in [1.54, 1.807) is 6.20 Å². The predicted octanol–water partition coefficient (Wildman–Crippen LogP) is 4.45. The fraction of sp³-hybridized carbons (Fsp3) is 0.294. The molecule has 2 heterocycles. The molecule has 0 radical (unpaired) electrons. The third kappa shape index (κ3) is 2.10. The van der Waals surface area contributed by atoms with Gasteiger partial charge in [-0.05, 0) is 37.8 Å². The molecule has 0 saturated heterocycles. The highest BCUT2D eigenvalue weighted by Crippen LogP contribution is 2.37. The molecule has 22 heavy (non-hydrogen) atoms. The lowest BCUT2D eigenvalue weighted by Gasteiger charge is -2.14. The van der Waals surface area contributed by atoms with Crippen LogP contribution in [0.5, 0.6) is 0 Å². The van der Waals surface area contributed by atoms with E-state index in [1.165, 1.54) is 12.8 Å². The predicted molar refractivity (Wildman–Crippen MR) is 89.1 cm³/mol. The Morgan fingerprint density at radius 2 is 2.27 bits per heavy atom. The summed E-state index contributed by atoms with van der Waals surface area (Å²) in [6, 6.07) is 8.32. The minimum Gasteiger partial charge on any atom is -0.367 e. The van der Waals surface area contributed by atoms with E-state index in [0.29, 0.717) is 16.6 Å². The van der Waals surface area contributed by atoms with Gasteiger partial charge in [0.05, 0.1) is 16.5 Å². The third-order valence-electron chi connectivity index (χ3n) is 4.40. The number of nitrogens with zero attached hydrogens (tertiary/aromatic N) is 2. The van der Waals surface area contributed by atoms with Crippen molar-refractivity contribution in [1.82, 2.24) is 9.97 Å². The van der Waals surface area contributed by atoms with Gasteiger partial charge in [-0.15, -0.1) is 0 Å². The van der Waals surface area contributed by atoms with Gasteiger partial charge in [0.2, 0.25) is 0 Å². The van der Waals surface area contributed by atoms with Gasteiger partial charge in [-0.3, -0.25) is 0 Å². The number of aromatic amines is 1. The Kier molecular flexibility index (Phi) is 2.98. The largest absolute Gasteiger partial charge is 0.367 e. The number of rotatable bonds is 3. The summed E-state index contributed by atoms with van der Waals surface area (Å²) in [6.07, 6.45) is 4.18. The van der Waals surface area contributed by atoms with Gasteiger partial charge < -0.3 is 10.3 Å². The summed E-state index contributed by atoms with van der Waals surface area (Å²) in [5, 5.41) is 15.5. The average Bonchev–Trinajstić information content (AvgIpc) is 3.28. The first-order chi connectivity index (χ1) is 10.7. The summed E-state index contributed by atoms with van der Waals surface area (Å²) in [5.41, 5.74) is 2.29. The van der Waals surface area contributed by atoms with E-state index in [-0.39, 0.29) is 0 Å². The minimum absolute atomic E-state index is 0.390. The number of anilines is 1. The quantitative estimate of drug-likeness (QED) is 0.751. The Morgan fingerprint density at radius 3 is 3.00 bits per heavy atom. The second-order valence-electron chi connectivity index (χ2n) is 5.97. The van der Waals surface area contributed by atoms with Crippen LogP contribution >= 0.6 is 11.6 Å². The molecule has 1 saturated carbocycles. The van der Waals surface area contributed by atoms with Crippen molar-refractivity contribution in [3.05, 3.63) is 35.0 Å². The van der Waals surface area contributed by atoms with E-state index in [1.807, 2.05) is 18.2 Å². The van der Waals surface area contributed by atoms with Crippen molar-refractivity contribution in [2.45, 2.75) is 25.8 Å². The Bertz CT molecular complexity index is 918. The normalized spacial score (nSPS) is 15.9. The number of H-pyrrole nitrogens is 1. The van der Waals surface area contributed by atoms with Crippen LogP contribution in [-0.2, 0) is 0 Å². The lowest BCUT2D eigenvalue weighted by molar-refractivity contribution is 0.692. The van der Waals surface area contributed by atoms with E-state index in [2.05, 4.69) is 28.3 Å². The summed E-state index contributed by atoms with van der Waals surface area (Å²) in [7, 11) is 0. The van der Waals surface area contributed by atoms with Crippen LogP contribution in [-0.4, -0.2) is 16.0 Å². The molecule has 1 aliphatic rings. The van der Waals surface area contributed by atoms with Gasteiger partial charge in [-0.2, -0.15) is 5.26 Å². The lowest BCUT2D eigenvalue weighted by Crippen LogP contribution is -2.18. The highest BCUT2D eigenvalue weighted by molar-refractivity contribution is 6.31. The van der Waals surface area contributed by atoms with Gasteiger partial charge in [0.1, 0.15) is 11.9 Å². The second kappa shape index (κ2) is 4.89. The number of pyridine rings is 1. The molecule has 2 aromatic heterocycles. The van der Waals surface area contributed by atoms with Crippen LogP contribution in [0.3, 0.4) is 0 Å². The average molecular weight is 311 g/mol. The van der Waals surface area contributed by atoms with Crippen LogP contribution in [0, 0.1) is 17.2 Å². The molecule has 1 aliphatic carbocycles. The molecule has 3 aromatic rings. The molecular weight excluding hydrogens is 296 g/mol. The van der Waals surface area contributed by atoms with Gasteiger partial charge in [-0.1, -0.05) is 17.7 Å². The zero-order valence-electron chi connectivity index (χ0n) is 12.2. The fourth-order valence-electron chi connectivity index (χ4n) is 3.00. The second-order valence-corrected chi connectivity index (χ2v) is 6.40. The highest BCUT2D eigenvalue weighted by atomic mass is 35.5. The van der Waals surface area contributed by atoms with E-state index in [9.17, 15) is 5.26 Å². The van der Waals surface area contributed by atoms with Crippen molar-refractivity contribution in [2.24, 2.45) is 5.92 Å². The minimum atomic E-state index is 0.390. The summed E-state index contributed by atoms with van der Waals surface area (Å²) in [5.74, 6) is 1.56. The number of halogens is 1. The molecule has 0 bridgehead atoms. The van der Waals surface area contributed by atoms with Crippen LogP contribution in [0.25, 0.3) is 21.8 Å². The van der Waals surface area contributed by atoms with Gasteiger partial charge in [-0.25, -0.2) is 4.98 Å². The van der Waals surface area contributed by atoms with E-state index >= 15 is 0 Å². The Labute approximate surface area is 133 Å². The molecular formula is C17H15ClN4. The summed E-state index contributed by atoms with van der Waals surface area (Å²) >= 11 is 6.08. The van der Waals surface area contributed by atoms with Crippen LogP contribution in [0.4, 0.5) is 5.82 Å². The number of aromatic nitrogens is 2. The third-order valence-corrected chi connectivity index (χ3v) is 4.64. The Hall–Kier alpha value is -2.25. The van der Waals surface area contributed by atoms with Crippen molar-refractivity contribution >= 4 is 39.2 Å². The summed E-state index contributed by atoms with van der Waals surface area (Å²) in [4.78, 5) is 7.80. The topological polar surface area (TPSA) is 64.5 Å². The molecule has 1 aromatic carbocycles. The Morgan fingerprint density at radius 1 is 1.45 bits per heavy atom. The number of fused-ring (bicyclic) bond motifs is 3. The van der Waals surface area contributed by atoms with Crippen LogP contribution < -0.4 is 5.32 Å². The summed E-state index contributed by atoms with van der Waals surface area (Å²) < 4.78 is 0. The van der Waals surface area contributed by atoms with Crippen molar-refractivity contribution in [3.8, 4) is 6.07 Å². The number of hydrogen-bond donors (Lipinski definition) is 2. The van der Waals surface area contributed by atoms with E-state index < -0.39 is 0 Å². The standard InChI is InChI=1S/C17H15ClN4/c1-9(10-2-3-10)21-17-15-13-5-4-12(18)6-14(13)22-16(15)11(7-19)8-20-17/h4-6,8-10,22H,2-3H2,1H3,(H,20,21)/t9-/m0/s1. The first-order valence-corrected chi connectivity index (χ1v) is 7.81. The molecule has 0 amide bonds. The van der Waals surface area contributed by atoms with Gasteiger partial charge in [0.15, 0.2) is 0 Å². The molecule has 4 nitrogen and oxygen atoms in total. The van der Waals surface area contributed by atoms with Crippen molar-refractivity contribution in [1.29, 1.82) is 5.26 Å². The first-order valence-electron chi connectivity index (χ1n) is 7.44. The van der Waals surface area contributed by atoms with E-state index in [4.69, 9.17) is 11.6 Å². The number of nitrogens with one attached hydrogen (secondary N) is 2. The molecule has 0 unspecified atom stereocenters. The smallest absolute Gasteiger partial charge is 0.136 e. The molecule has 110 valence electrons. The van der Waals surface area contributed by atoms with E-state index in [0.717, 1.165) is 33.5 Å². The van der Waals surface area contributed by atoms with Crippen LogP contribution in [0.1, 0.15) is 25.3 Å². The van der Waals surface area contributed by atoms with Crippen molar-refractivity contribution in [2.75, 3.05) is 5.32 Å². The first kappa shape index (κ1) is 13.4. The lowest BCUT2D eigenvalue weighted by atomic mass is 10.1. The highest BCUT2D eigenvalue weighted by Gasteiger charge is 2.28. The SMILES string of the molecule is C[C@H](Nc1ncc(C#N)c2[nH]c3cc(Cl)ccc3c12)C1CC1. The van der Waals surface area contributed by atoms with Gasteiger partial charge in [0, 0.05) is 28.2 Å². The van der Waals surface area contributed by atoms with Gasteiger partial charge >= 0.3 is 0 Å². The Balaban J connectivity index is 1.96. The molecule has 1 fully saturated rings. The zero-order valence-corrected chi connectivity index (χ0v) is 12.9. The molecule has 5 heteroatoms. The molecule has 4 rings (SSSR count). The van der Waals surface area contributed by atoms with Crippen molar-refractivity contribution in [3.63, 3.8) is 0 Å². The number of hydrogen-bond acceptors (Lipinski definition) is 3.